The van der Waals surface area contributed by atoms with Gasteiger partial charge in [-0.05, 0) is 55.5 Å². The second-order valence-electron chi connectivity index (χ2n) is 7.78. The quantitative estimate of drug-likeness (QED) is 0.320. The van der Waals surface area contributed by atoms with Crippen molar-refractivity contribution in [1.82, 2.24) is 15.0 Å². The van der Waals surface area contributed by atoms with Crippen molar-refractivity contribution in [3.63, 3.8) is 0 Å². The van der Waals surface area contributed by atoms with Crippen LogP contribution in [0.4, 0.5) is 23.0 Å². The van der Waals surface area contributed by atoms with Crippen LogP contribution in [0.1, 0.15) is 5.56 Å². The Morgan fingerprint density at radius 1 is 0.545 bits per heavy atom. The average molecular weight is 430 g/mol. The molecule has 0 aliphatic carbocycles. The zero-order valence-electron chi connectivity index (χ0n) is 18.3. The lowest BCUT2D eigenvalue weighted by atomic mass is 10.1. The number of aromatic nitrogens is 3. The molecular formula is C28H23N5. The lowest BCUT2D eigenvalue weighted by Crippen LogP contribution is -2.15. The molecule has 5 rings (SSSR count). The Bertz CT molecular complexity index is 1250. The first kappa shape index (κ1) is 20.4. The molecule has 0 aliphatic heterocycles. The van der Waals surface area contributed by atoms with Crippen LogP contribution in [0.2, 0.25) is 0 Å². The van der Waals surface area contributed by atoms with Crippen molar-refractivity contribution in [3.8, 4) is 22.8 Å². The third-order valence-corrected chi connectivity index (χ3v) is 5.33. The van der Waals surface area contributed by atoms with Crippen molar-refractivity contribution < 1.29 is 0 Å². The van der Waals surface area contributed by atoms with E-state index in [1.165, 1.54) is 5.56 Å². The minimum atomic E-state index is 0.546. The third-order valence-electron chi connectivity index (χ3n) is 5.33. The first-order valence-electron chi connectivity index (χ1n) is 10.8. The normalized spacial score (nSPS) is 10.7. The Balaban J connectivity index is 1.73. The van der Waals surface area contributed by atoms with Gasteiger partial charge in [-0.25, -0.2) is 4.98 Å². The van der Waals surface area contributed by atoms with Crippen molar-refractivity contribution in [2.45, 2.75) is 6.92 Å². The number of nitrogens with two attached hydrogens (primary N) is 1. The molecule has 160 valence electrons. The van der Waals surface area contributed by atoms with E-state index in [2.05, 4.69) is 19.1 Å². The van der Waals surface area contributed by atoms with E-state index < -0.39 is 0 Å². The minimum Gasteiger partial charge on any atom is -0.399 e. The van der Waals surface area contributed by atoms with Crippen LogP contribution in [0.25, 0.3) is 22.8 Å². The van der Waals surface area contributed by atoms with Gasteiger partial charge in [0.2, 0.25) is 5.95 Å². The molecule has 0 saturated heterocycles. The summed E-state index contributed by atoms with van der Waals surface area (Å²) in [5, 5.41) is 0. The van der Waals surface area contributed by atoms with E-state index in [9.17, 15) is 0 Å². The first-order valence-corrected chi connectivity index (χ1v) is 10.8. The molecule has 5 aromatic rings. The number of rotatable bonds is 5. The van der Waals surface area contributed by atoms with E-state index in [1.807, 2.05) is 102 Å². The summed E-state index contributed by atoms with van der Waals surface area (Å²) in [6, 6.07) is 36.0. The van der Waals surface area contributed by atoms with Gasteiger partial charge in [0.05, 0.1) is 0 Å². The number of benzene rings is 4. The summed E-state index contributed by atoms with van der Waals surface area (Å²) in [7, 11) is 0. The van der Waals surface area contributed by atoms with E-state index in [1.54, 1.807) is 0 Å². The number of anilines is 4. The summed E-state index contributed by atoms with van der Waals surface area (Å²) < 4.78 is 0. The molecular weight excluding hydrogens is 406 g/mol. The topological polar surface area (TPSA) is 67.9 Å². The Hall–Kier alpha value is -4.51. The van der Waals surface area contributed by atoms with Crippen LogP contribution in [0.5, 0.6) is 0 Å². The molecule has 1 aromatic heterocycles. The molecule has 33 heavy (non-hydrogen) atoms. The van der Waals surface area contributed by atoms with E-state index in [0.717, 1.165) is 22.5 Å². The molecule has 4 aromatic carbocycles. The third kappa shape index (κ3) is 4.43. The monoisotopic (exact) mass is 429 g/mol. The highest BCUT2D eigenvalue weighted by Gasteiger charge is 2.19. The minimum absolute atomic E-state index is 0.546. The van der Waals surface area contributed by atoms with Gasteiger partial charge in [0.15, 0.2) is 11.6 Å². The summed E-state index contributed by atoms with van der Waals surface area (Å²) in [6.45, 7) is 2.06. The van der Waals surface area contributed by atoms with Crippen LogP contribution in [0.15, 0.2) is 109 Å². The Morgan fingerprint density at radius 3 is 1.48 bits per heavy atom. The van der Waals surface area contributed by atoms with Crippen LogP contribution in [0, 0.1) is 6.92 Å². The summed E-state index contributed by atoms with van der Waals surface area (Å²) in [5.41, 5.74) is 11.5. The second-order valence-corrected chi connectivity index (χ2v) is 7.78. The molecule has 0 atom stereocenters. The van der Waals surface area contributed by atoms with Gasteiger partial charge in [-0.3, -0.25) is 4.90 Å². The van der Waals surface area contributed by atoms with E-state index in [4.69, 9.17) is 20.7 Å². The Labute approximate surface area is 193 Å². The molecule has 0 saturated carbocycles. The molecule has 2 N–H and O–H groups in total. The largest absolute Gasteiger partial charge is 0.399 e. The summed E-state index contributed by atoms with van der Waals surface area (Å²) in [5.74, 6) is 1.75. The zero-order valence-corrected chi connectivity index (χ0v) is 18.3. The van der Waals surface area contributed by atoms with Gasteiger partial charge in [-0.1, -0.05) is 66.2 Å². The van der Waals surface area contributed by atoms with Crippen molar-refractivity contribution in [2.75, 3.05) is 10.6 Å². The van der Waals surface area contributed by atoms with Gasteiger partial charge in [0.1, 0.15) is 0 Å². The fourth-order valence-corrected chi connectivity index (χ4v) is 3.59. The van der Waals surface area contributed by atoms with Crippen LogP contribution in [-0.2, 0) is 0 Å². The van der Waals surface area contributed by atoms with Crippen LogP contribution in [-0.4, -0.2) is 15.0 Å². The van der Waals surface area contributed by atoms with Crippen molar-refractivity contribution in [2.24, 2.45) is 0 Å². The van der Waals surface area contributed by atoms with Gasteiger partial charge in [-0.15, -0.1) is 0 Å². The second kappa shape index (κ2) is 8.93. The number of para-hydroxylation sites is 2. The first-order chi connectivity index (χ1) is 16.2. The van der Waals surface area contributed by atoms with Crippen molar-refractivity contribution in [3.05, 3.63) is 115 Å². The van der Waals surface area contributed by atoms with Gasteiger partial charge in [-0.2, -0.15) is 9.97 Å². The van der Waals surface area contributed by atoms with Crippen molar-refractivity contribution >= 4 is 23.0 Å². The highest BCUT2D eigenvalue weighted by atomic mass is 15.3. The molecule has 1 heterocycles. The van der Waals surface area contributed by atoms with E-state index >= 15 is 0 Å². The standard InChI is InChI=1S/C28H23N5/c1-20-12-14-21(15-13-20)26-30-27(22-16-18-23(29)19-17-22)32-28(31-26)33(24-8-4-2-5-9-24)25-10-6-3-7-11-25/h2-19H,29H2,1H3. The number of aryl methyl sites for hydroxylation is 1. The number of nitrogens with zero attached hydrogens (tertiary/aromatic N) is 4. The summed E-state index contributed by atoms with van der Waals surface area (Å²) >= 11 is 0. The smallest absolute Gasteiger partial charge is 0.238 e. The lowest BCUT2D eigenvalue weighted by Gasteiger charge is -2.23. The molecule has 0 radical (unpaired) electrons. The van der Waals surface area contributed by atoms with Gasteiger partial charge in [0, 0.05) is 28.2 Å². The molecule has 5 nitrogen and oxygen atoms in total. The van der Waals surface area contributed by atoms with Crippen molar-refractivity contribution in [1.29, 1.82) is 0 Å². The van der Waals surface area contributed by atoms with E-state index in [-0.39, 0.29) is 0 Å². The molecule has 0 unspecified atom stereocenters. The van der Waals surface area contributed by atoms with Gasteiger partial charge in [0.25, 0.3) is 0 Å². The molecule has 5 heteroatoms. The van der Waals surface area contributed by atoms with Crippen LogP contribution >= 0.6 is 0 Å². The molecule has 0 bridgehead atoms. The predicted molar refractivity (Wildman–Crippen MR) is 135 cm³/mol. The average Bonchev–Trinajstić information content (AvgIpc) is 2.86. The van der Waals surface area contributed by atoms with Crippen LogP contribution in [0.3, 0.4) is 0 Å². The SMILES string of the molecule is Cc1ccc(-c2nc(-c3ccc(N)cc3)nc(N(c3ccccc3)c3ccccc3)n2)cc1. The highest BCUT2D eigenvalue weighted by Crippen LogP contribution is 2.34. The molecule has 0 aliphatic rings. The van der Waals surface area contributed by atoms with Gasteiger partial charge < -0.3 is 5.73 Å². The maximum absolute atomic E-state index is 5.91. The predicted octanol–water partition coefficient (Wildman–Crippen LogP) is 6.57. The van der Waals surface area contributed by atoms with E-state index in [0.29, 0.717) is 23.3 Å². The maximum atomic E-state index is 5.91. The molecule has 0 fully saturated rings. The Morgan fingerprint density at radius 2 is 1.00 bits per heavy atom. The maximum Gasteiger partial charge on any atom is 0.238 e. The molecule has 0 spiro atoms. The number of nitrogen functional groups attached to an aromatic ring is 1. The summed E-state index contributed by atoms with van der Waals surface area (Å²) in [6.07, 6.45) is 0. The fourth-order valence-electron chi connectivity index (χ4n) is 3.59. The highest BCUT2D eigenvalue weighted by molar-refractivity contribution is 5.75. The van der Waals surface area contributed by atoms with Crippen LogP contribution < -0.4 is 10.6 Å². The Kier molecular flexibility index (Phi) is 5.52. The molecule has 0 amide bonds. The fraction of sp³-hybridized carbons (Fsp3) is 0.0357. The number of hydrogen-bond donors (Lipinski definition) is 1. The lowest BCUT2D eigenvalue weighted by molar-refractivity contribution is 1.02. The number of hydrogen-bond acceptors (Lipinski definition) is 5. The summed E-state index contributed by atoms with van der Waals surface area (Å²) in [4.78, 5) is 16.7. The van der Waals surface area contributed by atoms with Gasteiger partial charge >= 0.3 is 0 Å². The zero-order chi connectivity index (χ0) is 22.6.